The number of likely N-dealkylation sites (N-methyl/N-ethyl adjacent to an activating group) is 1. The van der Waals surface area contributed by atoms with E-state index in [-0.39, 0.29) is 12.5 Å². The van der Waals surface area contributed by atoms with Gasteiger partial charge in [-0.25, -0.2) is 8.78 Å². The zero-order valence-corrected chi connectivity index (χ0v) is 13.1. The van der Waals surface area contributed by atoms with E-state index >= 15 is 0 Å². The Morgan fingerprint density at radius 3 is 2.67 bits per heavy atom. The Labute approximate surface area is 130 Å². The van der Waals surface area contributed by atoms with Crippen LogP contribution in [0.25, 0.3) is 0 Å². The summed E-state index contributed by atoms with van der Waals surface area (Å²) in [4.78, 5) is 24.5. The molecule has 1 aromatic carbocycles. The van der Waals surface area contributed by atoms with Gasteiger partial charge in [0, 0.05) is 18.9 Å². The molecular formula is C13H15ClF2N2O2S. The summed E-state index contributed by atoms with van der Waals surface area (Å²) in [5.41, 5.74) is 0.357. The van der Waals surface area contributed by atoms with Crippen LogP contribution in [0.1, 0.15) is 6.92 Å². The lowest BCUT2D eigenvalue weighted by Crippen LogP contribution is -2.33. The minimum Gasteiger partial charge on any atom is -0.337 e. The molecule has 0 aliphatic rings. The van der Waals surface area contributed by atoms with Gasteiger partial charge >= 0.3 is 0 Å². The molecule has 21 heavy (non-hydrogen) atoms. The monoisotopic (exact) mass is 336 g/mol. The fourth-order valence-electron chi connectivity index (χ4n) is 1.42. The normalized spacial score (nSPS) is 10.6. The maximum absolute atomic E-state index is 12.3. The number of anilines is 1. The van der Waals surface area contributed by atoms with Crippen LogP contribution in [0.3, 0.4) is 0 Å². The quantitative estimate of drug-likeness (QED) is 0.812. The minimum atomic E-state index is -2.47. The Morgan fingerprint density at radius 2 is 2.10 bits per heavy atom. The van der Waals surface area contributed by atoms with Gasteiger partial charge in [-0.2, -0.15) is 0 Å². The zero-order chi connectivity index (χ0) is 16.0. The van der Waals surface area contributed by atoms with Crippen molar-refractivity contribution in [1.82, 2.24) is 4.90 Å². The van der Waals surface area contributed by atoms with Crippen molar-refractivity contribution < 1.29 is 18.4 Å². The number of alkyl halides is 2. The van der Waals surface area contributed by atoms with Gasteiger partial charge in [0.1, 0.15) is 0 Å². The second kappa shape index (κ2) is 8.19. The number of rotatable bonds is 6. The van der Waals surface area contributed by atoms with Crippen LogP contribution in [0.4, 0.5) is 14.5 Å². The Hall–Kier alpha value is -1.34. The zero-order valence-electron chi connectivity index (χ0n) is 11.5. The van der Waals surface area contributed by atoms with Gasteiger partial charge in [0.2, 0.25) is 18.2 Å². The number of carbonyl (C=O) groups excluding carboxylic acids is 2. The Balaban J connectivity index is 2.80. The standard InChI is InChI=1S/C13H15ClF2N2O2S/c1-8(19)18(2)6-12(20)17-10-5-3-4-9(14)13(10)21-7-11(15)16/h3-5,11H,6-7H2,1-2H3,(H,17,20). The lowest BCUT2D eigenvalue weighted by molar-refractivity contribution is -0.131. The highest BCUT2D eigenvalue weighted by molar-refractivity contribution is 7.99. The highest BCUT2D eigenvalue weighted by Gasteiger charge is 2.14. The van der Waals surface area contributed by atoms with Crippen LogP contribution >= 0.6 is 23.4 Å². The van der Waals surface area contributed by atoms with Gasteiger partial charge < -0.3 is 10.2 Å². The number of benzene rings is 1. The van der Waals surface area contributed by atoms with Crippen LogP contribution in [-0.4, -0.2) is 42.5 Å². The SMILES string of the molecule is CC(=O)N(C)CC(=O)Nc1cccc(Cl)c1SCC(F)F. The number of hydrogen-bond acceptors (Lipinski definition) is 3. The molecule has 0 fully saturated rings. The second-order valence-electron chi connectivity index (χ2n) is 4.24. The van der Waals surface area contributed by atoms with Crippen molar-refractivity contribution in [3.05, 3.63) is 23.2 Å². The number of thioether (sulfide) groups is 1. The van der Waals surface area contributed by atoms with Gasteiger partial charge in [0.25, 0.3) is 0 Å². The van der Waals surface area contributed by atoms with Crippen LogP contribution in [0.2, 0.25) is 5.02 Å². The van der Waals surface area contributed by atoms with Crippen molar-refractivity contribution in [2.24, 2.45) is 0 Å². The van der Waals surface area contributed by atoms with Crippen molar-refractivity contribution in [3.8, 4) is 0 Å². The maximum Gasteiger partial charge on any atom is 0.247 e. The lowest BCUT2D eigenvalue weighted by atomic mass is 10.3. The van der Waals surface area contributed by atoms with Crippen molar-refractivity contribution in [2.75, 3.05) is 24.7 Å². The van der Waals surface area contributed by atoms with Gasteiger partial charge in [-0.1, -0.05) is 17.7 Å². The van der Waals surface area contributed by atoms with E-state index in [0.29, 0.717) is 15.6 Å². The van der Waals surface area contributed by atoms with Crippen molar-refractivity contribution in [1.29, 1.82) is 0 Å². The molecule has 116 valence electrons. The molecule has 0 aliphatic heterocycles. The third kappa shape index (κ3) is 5.89. The molecule has 4 nitrogen and oxygen atoms in total. The van der Waals surface area contributed by atoms with Crippen molar-refractivity contribution >= 4 is 40.9 Å². The molecule has 1 aromatic rings. The number of nitrogens with one attached hydrogen (secondary N) is 1. The van der Waals surface area contributed by atoms with E-state index in [1.54, 1.807) is 18.2 Å². The van der Waals surface area contributed by atoms with Crippen LogP contribution in [0, 0.1) is 0 Å². The van der Waals surface area contributed by atoms with E-state index in [4.69, 9.17) is 11.6 Å². The molecule has 0 bridgehead atoms. The first-order chi connectivity index (χ1) is 9.81. The Bertz CT molecular complexity index is 529. The number of hydrogen-bond donors (Lipinski definition) is 1. The summed E-state index contributed by atoms with van der Waals surface area (Å²) >= 11 is 6.84. The molecular weight excluding hydrogens is 322 g/mol. The van der Waals surface area contributed by atoms with E-state index in [1.807, 2.05) is 0 Å². The van der Waals surface area contributed by atoms with Gasteiger partial charge in [0.05, 0.1) is 23.0 Å². The number of carbonyl (C=O) groups is 2. The molecule has 8 heteroatoms. The molecule has 1 N–H and O–H groups in total. The van der Waals surface area contributed by atoms with Gasteiger partial charge in [0.15, 0.2) is 0 Å². The number of halogens is 3. The molecule has 1 rings (SSSR count). The van der Waals surface area contributed by atoms with Crippen molar-refractivity contribution in [3.63, 3.8) is 0 Å². The Morgan fingerprint density at radius 1 is 1.43 bits per heavy atom. The first-order valence-electron chi connectivity index (χ1n) is 6.02. The van der Waals surface area contributed by atoms with Gasteiger partial charge in [-0.15, -0.1) is 11.8 Å². The summed E-state index contributed by atoms with van der Waals surface area (Å²) in [5.74, 6) is -1.09. The summed E-state index contributed by atoms with van der Waals surface area (Å²) in [6.07, 6.45) is -2.47. The van der Waals surface area contributed by atoms with Gasteiger partial charge in [-0.3, -0.25) is 9.59 Å². The highest BCUT2D eigenvalue weighted by atomic mass is 35.5. The summed E-state index contributed by atoms with van der Waals surface area (Å²) in [5, 5.41) is 2.87. The fourth-order valence-corrected chi connectivity index (χ4v) is 2.53. The van der Waals surface area contributed by atoms with E-state index in [9.17, 15) is 18.4 Å². The van der Waals surface area contributed by atoms with Gasteiger partial charge in [-0.05, 0) is 12.1 Å². The summed E-state index contributed by atoms with van der Waals surface area (Å²) in [6, 6.07) is 4.75. The summed E-state index contributed by atoms with van der Waals surface area (Å²) in [7, 11) is 1.49. The largest absolute Gasteiger partial charge is 0.337 e. The van der Waals surface area contributed by atoms with Crippen LogP contribution in [0.5, 0.6) is 0 Å². The Kier molecular flexibility index (Phi) is 6.91. The molecule has 2 amide bonds. The van der Waals surface area contributed by atoms with Crippen LogP contribution < -0.4 is 5.32 Å². The summed E-state index contributed by atoms with van der Waals surface area (Å²) in [6.45, 7) is 1.22. The first-order valence-corrected chi connectivity index (χ1v) is 7.38. The van der Waals surface area contributed by atoms with E-state index in [0.717, 1.165) is 11.8 Å². The summed E-state index contributed by atoms with van der Waals surface area (Å²) < 4.78 is 24.6. The number of amides is 2. The molecule has 0 atom stereocenters. The molecule has 0 saturated carbocycles. The molecule has 0 aliphatic carbocycles. The van der Waals surface area contributed by atoms with E-state index in [1.165, 1.54) is 18.9 Å². The van der Waals surface area contributed by atoms with Crippen LogP contribution in [0.15, 0.2) is 23.1 Å². The average molecular weight is 337 g/mol. The fraction of sp³-hybridized carbons (Fsp3) is 0.385. The molecule has 0 saturated heterocycles. The molecule has 0 aromatic heterocycles. The molecule has 0 radical (unpaired) electrons. The first kappa shape index (κ1) is 17.7. The van der Waals surface area contributed by atoms with Crippen molar-refractivity contribution in [2.45, 2.75) is 18.2 Å². The predicted molar refractivity (Wildman–Crippen MR) is 80.1 cm³/mol. The third-order valence-corrected chi connectivity index (χ3v) is 4.09. The average Bonchev–Trinajstić information content (AvgIpc) is 2.37. The smallest absolute Gasteiger partial charge is 0.247 e. The second-order valence-corrected chi connectivity index (χ2v) is 5.68. The molecule has 0 spiro atoms. The lowest BCUT2D eigenvalue weighted by Gasteiger charge is -2.16. The molecule has 0 heterocycles. The third-order valence-electron chi connectivity index (χ3n) is 2.51. The maximum atomic E-state index is 12.3. The highest BCUT2D eigenvalue weighted by Crippen LogP contribution is 2.35. The predicted octanol–water partition coefficient (Wildman–Crippen LogP) is 3.11. The molecule has 0 unspecified atom stereocenters. The van der Waals surface area contributed by atoms with Crippen LogP contribution in [-0.2, 0) is 9.59 Å². The minimum absolute atomic E-state index is 0.124. The topological polar surface area (TPSA) is 49.4 Å². The number of nitrogens with zero attached hydrogens (tertiary/aromatic N) is 1. The van der Waals surface area contributed by atoms with E-state index < -0.39 is 18.1 Å². The van der Waals surface area contributed by atoms with E-state index in [2.05, 4.69) is 5.32 Å².